The van der Waals surface area contributed by atoms with Crippen LogP contribution >= 0.6 is 0 Å². The molecule has 0 saturated heterocycles. The Kier molecular flexibility index (Phi) is 12.0. The molecule has 0 aromatic carbocycles. The number of carbonyl (C=O) groups is 2. The highest BCUT2D eigenvalue weighted by atomic mass is 16.5. The fraction of sp³-hybridized carbons (Fsp3) is 0.900. The van der Waals surface area contributed by atoms with E-state index in [1.807, 2.05) is 20.9 Å². The molecule has 2 unspecified atom stereocenters. The monoisotopic (exact) mass is 341 g/mol. The van der Waals surface area contributed by atoms with E-state index < -0.39 is 5.41 Å². The van der Waals surface area contributed by atoms with Crippen LogP contribution in [0.5, 0.6) is 0 Å². The quantitative estimate of drug-likeness (QED) is 0.376. The number of ether oxygens (including phenoxy) is 1. The van der Waals surface area contributed by atoms with Crippen molar-refractivity contribution >= 4 is 11.8 Å². The Morgan fingerprint density at radius 3 is 2.29 bits per heavy atom. The van der Waals surface area contributed by atoms with E-state index in [-0.39, 0.29) is 17.7 Å². The van der Waals surface area contributed by atoms with Crippen molar-refractivity contribution in [3.05, 3.63) is 0 Å². The number of esters is 1. The van der Waals surface area contributed by atoms with E-state index in [0.29, 0.717) is 18.9 Å². The van der Waals surface area contributed by atoms with Gasteiger partial charge in [0.2, 0.25) is 0 Å². The lowest BCUT2D eigenvalue weighted by molar-refractivity contribution is -0.156. The Bertz CT molecular complexity index is 366. The maximum Gasteiger partial charge on any atom is 0.311 e. The van der Waals surface area contributed by atoms with Crippen LogP contribution in [-0.4, -0.2) is 32.0 Å². The number of unbranched alkanes of at least 4 members (excludes halogenated alkanes) is 2. The van der Waals surface area contributed by atoms with Crippen molar-refractivity contribution in [1.82, 2.24) is 5.32 Å². The molecular formula is C20H39NO3. The molecule has 0 aliphatic heterocycles. The molecule has 0 saturated carbocycles. The zero-order valence-electron chi connectivity index (χ0n) is 16.7. The second kappa shape index (κ2) is 12.5. The molecule has 0 heterocycles. The van der Waals surface area contributed by atoms with Crippen molar-refractivity contribution in [2.75, 3.05) is 20.2 Å². The summed E-state index contributed by atoms with van der Waals surface area (Å²) in [6.07, 6.45) is 6.83. The molecule has 0 spiro atoms. The summed E-state index contributed by atoms with van der Waals surface area (Å²) in [6, 6.07) is 0. The lowest BCUT2D eigenvalue weighted by atomic mass is 9.83. The van der Waals surface area contributed by atoms with Gasteiger partial charge in [-0.2, -0.15) is 0 Å². The van der Waals surface area contributed by atoms with Crippen LogP contribution in [0.25, 0.3) is 0 Å². The van der Waals surface area contributed by atoms with E-state index in [2.05, 4.69) is 19.2 Å². The molecule has 0 rings (SSSR count). The van der Waals surface area contributed by atoms with E-state index in [1.54, 1.807) is 6.92 Å². The number of carbonyl (C=O) groups excluding carboxylic acids is 2. The zero-order valence-corrected chi connectivity index (χ0v) is 16.7. The van der Waals surface area contributed by atoms with Gasteiger partial charge in [-0.25, -0.2) is 0 Å². The maximum absolute atomic E-state index is 12.4. The van der Waals surface area contributed by atoms with Crippen LogP contribution in [0.1, 0.15) is 79.6 Å². The number of Topliss-reactive ketones (excluding diaryl/α,β-unsaturated/α-hetero) is 1. The zero-order chi connectivity index (χ0) is 18.6. The largest absolute Gasteiger partial charge is 0.465 e. The molecule has 24 heavy (non-hydrogen) atoms. The van der Waals surface area contributed by atoms with Crippen LogP contribution in [-0.2, 0) is 14.3 Å². The van der Waals surface area contributed by atoms with Crippen molar-refractivity contribution in [2.45, 2.75) is 79.6 Å². The molecule has 0 fully saturated rings. The Labute approximate surface area is 149 Å². The predicted octanol–water partition coefficient (Wildman–Crippen LogP) is 4.37. The summed E-state index contributed by atoms with van der Waals surface area (Å²) in [7, 11) is 1.89. The fourth-order valence-electron chi connectivity index (χ4n) is 3.04. The molecule has 0 bridgehead atoms. The molecule has 0 aliphatic carbocycles. The van der Waals surface area contributed by atoms with Gasteiger partial charge in [-0.15, -0.1) is 0 Å². The molecule has 0 amide bonds. The van der Waals surface area contributed by atoms with E-state index in [0.717, 1.165) is 32.2 Å². The second-order valence-corrected chi connectivity index (χ2v) is 7.67. The first-order chi connectivity index (χ1) is 11.3. The summed E-state index contributed by atoms with van der Waals surface area (Å²) in [4.78, 5) is 24.0. The molecule has 4 nitrogen and oxygen atoms in total. The molecule has 0 aromatic heterocycles. The third kappa shape index (κ3) is 9.41. The molecule has 2 atom stereocenters. The third-order valence-corrected chi connectivity index (χ3v) is 4.90. The number of hydrogen-bond acceptors (Lipinski definition) is 4. The predicted molar refractivity (Wildman–Crippen MR) is 100.0 cm³/mol. The number of rotatable bonds is 14. The van der Waals surface area contributed by atoms with Gasteiger partial charge in [0.15, 0.2) is 0 Å². The van der Waals surface area contributed by atoms with Crippen LogP contribution < -0.4 is 5.32 Å². The lowest BCUT2D eigenvalue weighted by Gasteiger charge is -2.28. The van der Waals surface area contributed by atoms with Gasteiger partial charge in [0, 0.05) is 6.42 Å². The van der Waals surface area contributed by atoms with E-state index in [4.69, 9.17) is 4.74 Å². The topological polar surface area (TPSA) is 55.4 Å². The van der Waals surface area contributed by atoms with Crippen LogP contribution in [0.2, 0.25) is 0 Å². The summed E-state index contributed by atoms with van der Waals surface area (Å²) in [5.41, 5.74) is -0.473. The standard InChI is InChI=1S/C20H39NO3/c1-7-9-10-11-18(17(8-2)14-16(3)22)15-24-19(23)20(4,5)12-13-21-6/h17-18,21H,7-15H2,1-6H3. The Balaban J connectivity index is 4.73. The van der Waals surface area contributed by atoms with Crippen LogP contribution in [0, 0.1) is 17.3 Å². The average Bonchev–Trinajstić information content (AvgIpc) is 2.53. The molecular weight excluding hydrogens is 302 g/mol. The first kappa shape index (κ1) is 23.1. The van der Waals surface area contributed by atoms with Gasteiger partial charge in [0.1, 0.15) is 5.78 Å². The van der Waals surface area contributed by atoms with E-state index in [1.165, 1.54) is 12.8 Å². The highest BCUT2D eigenvalue weighted by Gasteiger charge is 2.30. The van der Waals surface area contributed by atoms with Gasteiger partial charge in [0.05, 0.1) is 12.0 Å². The highest BCUT2D eigenvalue weighted by Crippen LogP contribution is 2.28. The summed E-state index contributed by atoms with van der Waals surface area (Å²) < 4.78 is 5.68. The Morgan fingerprint density at radius 2 is 1.79 bits per heavy atom. The normalized spacial score (nSPS) is 14.2. The summed E-state index contributed by atoms with van der Waals surface area (Å²) in [6.45, 7) is 11.1. The molecule has 4 heteroatoms. The smallest absolute Gasteiger partial charge is 0.311 e. The molecule has 0 aliphatic rings. The van der Waals surface area contributed by atoms with Crippen LogP contribution in [0.3, 0.4) is 0 Å². The maximum atomic E-state index is 12.4. The number of ketones is 1. The van der Waals surface area contributed by atoms with Gasteiger partial charge in [-0.3, -0.25) is 4.79 Å². The number of hydrogen-bond donors (Lipinski definition) is 1. The first-order valence-corrected chi connectivity index (χ1v) is 9.59. The lowest BCUT2D eigenvalue weighted by Crippen LogP contribution is -2.32. The Morgan fingerprint density at radius 1 is 1.12 bits per heavy atom. The fourth-order valence-corrected chi connectivity index (χ4v) is 3.04. The third-order valence-electron chi connectivity index (χ3n) is 4.90. The van der Waals surface area contributed by atoms with Crippen molar-refractivity contribution in [3.8, 4) is 0 Å². The highest BCUT2D eigenvalue weighted by molar-refractivity contribution is 5.76. The van der Waals surface area contributed by atoms with Gasteiger partial charge in [-0.05, 0) is 59.0 Å². The first-order valence-electron chi connectivity index (χ1n) is 9.59. The second-order valence-electron chi connectivity index (χ2n) is 7.67. The van der Waals surface area contributed by atoms with Gasteiger partial charge < -0.3 is 14.8 Å². The summed E-state index contributed by atoms with van der Waals surface area (Å²) in [5, 5.41) is 3.08. The minimum atomic E-state index is -0.473. The molecule has 1 N–H and O–H groups in total. The average molecular weight is 342 g/mol. The van der Waals surface area contributed by atoms with Gasteiger partial charge in [0.25, 0.3) is 0 Å². The van der Waals surface area contributed by atoms with Crippen molar-refractivity contribution in [2.24, 2.45) is 17.3 Å². The minimum absolute atomic E-state index is 0.129. The Hall–Kier alpha value is -0.900. The SMILES string of the molecule is CCCCCC(COC(=O)C(C)(C)CCNC)C(CC)CC(C)=O. The van der Waals surface area contributed by atoms with E-state index >= 15 is 0 Å². The van der Waals surface area contributed by atoms with Crippen LogP contribution in [0.4, 0.5) is 0 Å². The van der Waals surface area contributed by atoms with Crippen molar-refractivity contribution in [1.29, 1.82) is 0 Å². The minimum Gasteiger partial charge on any atom is -0.465 e. The van der Waals surface area contributed by atoms with Crippen molar-refractivity contribution < 1.29 is 14.3 Å². The summed E-state index contributed by atoms with van der Waals surface area (Å²) >= 11 is 0. The summed E-state index contributed by atoms with van der Waals surface area (Å²) in [5.74, 6) is 0.695. The number of nitrogens with one attached hydrogen (secondary N) is 1. The molecule has 142 valence electrons. The van der Waals surface area contributed by atoms with Crippen LogP contribution in [0.15, 0.2) is 0 Å². The molecule has 0 aromatic rings. The van der Waals surface area contributed by atoms with Gasteiger partial charge in [-0.1, -0.05) is 39.5 Å². The van der Waals surface area contributed by atoms with Gasteiger partial charge >= 0.3 is 5.97 Å². The van der Waals surface area contributed by atoms with Crippen molar-refractivity contribution in [3.63, 3.8) is 0 Å². The molecule has 0 radical (unpaired) electrons. The van der Waals surface area contributed by atoms with E-state index in [9.17, 15) is 9.59 Å².